The zero-order chi connectivity index (χ0) is 29.3. The van der Waals surface area contributed by atoms with Crippen molar-refractivity contribution in [1.29, 1.82) is 0 Å². The largest absolute Gasteiger partial charge is 0.495 e. The molecule has 13 heteroatoms. The van der Waals surface area contributed by atoms with Crippen molar-refractivity contribution < 1.29 is 27.1 Å². The van der Waals surface area contributed by atoms with Crippen LogP contribution in [0, 0.1) is 11.8 Å². The molecule has 2 bridgehead atoms. The molecule has 4 atom stereocenters. The Balaban J connectivity index is 1.40. The van der Waals surface area contributed by atoms with E-state index < -0.39 is 17.7 Å². The van der Waals surface area contributed by atoms with Crippen molar-refractivity contribution in [2.75, 3.05) is 38.4 Å². The number of alkyl halides is 4. The van der Waals surface area contributed by atoms with Crippen LogP contribution in [0.1, 0.15) is 35.3 Å². The summed E-state index contributed by atoms with van der Waals surface area (Å²) in [5.41, 5.74) is -2.91. The van der Waals surface area contributed by atoms with Gasteiger partial charge in [0.25, 0.3) is 5.91 Å². The lowest BCUT2D eigenvalue weighted by molar-refractivity contribution is -0.0330. The van der Waals surface area contributed by atoms with Gasteiger partial charge in [0.2, 0.25) is 0 Å². The number of carbonyl (C=O) groups is 1. The number of anilines is 2. The molecule has 4 heterocycles. The van der Waals surface area contributed by atoms with Gasteiger partial charge < -0.3 is 20.7 Å². The standard InChI is InChI=1S/C28H30F4N6O2S/c1-33-26(39)16-8-10-18(23(14-16)40-3)34-12-4-6-20-27(41-28(30,31)32)38-13-5-7-19(25(38)36-20)35-21-15-17-9-11-22(24(21)29)37(17)2/h5,7-8,10,13-14,17,21-22,24,34-35H,9,11-12,15H2,1-3H3,(H,33,39)/t17-,21-,22+,24-/m0/s1. The third-order valence-electron chi connectivity index (χ3n) is 7.60. The Hall–Kier alpha value is -3.63. The SMILES string of the molecule is CNC(=O)c1ccc(NCC#Cc2nc3c(N[C@H]4C[C@@H]5CC[C@H]([C@H]4F)N5C)cccn3c2SC(F)(F)F)c(OC)c1. The van der Waals surface area contributed by atoms with Gasteiger partial charge in [-0.15, -0.1) is 0 Å². The summed E-state index contributed by atoms with van der Waals surface area (Å²) < 4.78 is 62.6. The number of benzene rings is 1. The topological polar surface area (TPSA) is 82.9 Å². The fourth-order valence-corrected chi connectivity index (χ4v) is 6.23. The molecule has 2 aliphatic heterocycles. The number of carbonyl (C=O) groups excluding carboxylic acids is 1. The second-order valence-electron chi connectivity index (χ2n) is 9.97. The van der Waals surface area contributed by atoms with E-state index in [4.69, 9.17) is 4.74 Å². The molecule has 0 saturated carbocycles. The number of hydrogen-bond acceptors (Lipinski definition) is 7. The number of rotatable bonds is 7. The number of methoxy groups -OCH3 is 1. The lowest BCUT2D eigenvalue weighted by atomic mass is 9.96. The third-order valence-corrected chi connectivity index (χ3v) is 8.41. The number of pyridine rings is 1. The van der Waals surface area contributed by atoms with Gasteiger partial charge in [0, 0.05) is 42.7 Å². The number of hydrogen-bond donors (Lipinski definition) is 3. The molecule has 3 N–H and O–H groups in total. The number of ether oxygens (including phenoxy) is 1. The summed E-state index contributed by atoms with van der Waals surface area (Å²) in [7, 11) is 4.93. The minimum atomic E-state index is -4.56. The van der Waals surface area contributed by atoms with Crippen LogP contribution in [-0.2, 0) is 0 Å². The van der Waals surface area contributed by atoms with Crippen LogP contribution in [-0.4, -0.2) is 77.7 Å². The van der Waals surface area contributed by atoms with E-state index in [1.165, 1.54) is 24.8 Å². The van der Waals surface area contributed by atoms with E-state index in [0.717, 1.165) is 12.8 Å². The minimum Gasteiger partial charge on any atom is -0.495 e. The van der Waals surface area contributed by atoms with Gasteiger partial charge >= 0.3 is 5.51 Å². The normalized spacial score (nSPS) is 22.2. The number of fused-ring (bicyclic) bond motifs is 3. The monoisotopic (exact) mass is 590 g/mol. The third kappa shape index (κ3) is 6.04. The van der Waals surface area contributed by atoms with Crippen LogP contribution >= 0.6 is 11.8 Å². The fourth-order valence-electron chi connectivity index (χ4n) is 5.58. The van der Waals surface area contributed by atoms with Crippen molar-refractivity contribution in [2.24, 2.45) is 0 Å². The predicted molar refractivity (Wildman–Crippen MR) is 150 cm³/mol. The van der Waals surface area contributed by atoms with Gasteiger partial charge in [-0.25, -0.2) is 9.37 Å². The van der Waals surface area contributed by atoms with Crippen molar-refractivity contribution in [3.05, 3.63) is 47.8 Å². The van der Waals surface area contributed by atoms with Crippen molar-refractivity contribution in [3.8, 4) is 17.6 Å². The first kappa shape index (κ1) is 28.9. The Bertz CT molecular complexity index is 1500. The highest BCUT2D eigenvalue weighted by Gasteiger charge is 2.46. The summed E-state index contributed by atoms with van der Waals surface area (Å²) in [5.74, 6) is 5.74. The zero-order valence-electron chi connectivity index (χ0n) is 22.7. The van der Waals surface area contributed by atoms with E-state index in [1.807, 2.05) is 7.05 Å². The van der Waals surface area contributed by atoms with Crippen LogP contribution in [0.15, 0.2) is 41.6 Å². The molecule has 218 valence electrons. The van der Waals surface area contributed by atoms with Gasteiger partial charge in [-0.2, -0.15) is 13.2 Å². The fraction of sp³-hybridized carbons (Fsp3) is 0.429. The number of thioether (sulfide) groups is 1. The van der Waals surface area contributed by atoms with Crippen molar-refractivity contribution in [1.82, 2.24) is 19.6 Å². The molecular weight excluding hydrogens is 560 g/mol. The summed E-state index contributed by atoms with van der Waals surface area (Å²) in [6, 6.07) is 7.79. The first-order chi connectivity index (χ1) is 19.6. The first-order valence-electron chi connectivity index (χ1n) is 13.1. The van der Waals surface area contributed by atoms with Crippen LogP contribution in [0.25, 0.3) is 5.65 Å². The Morgan fingerprint density at radius 3 is 2.78 bits per heavy atom. The number of halogens is 4. The quantitative estimate of drug-likeness (QED) is 0.208. The molecule has 41 heavy (non-hydrogen) atoms. The van der Waals surface area contributed by atoms with Gasteiger partial charge in [0.1, 0.15) is 22.6 Å². The van der Waals surface area contributed by atoms with E-state index in [2.05, 4.69) is 37.7 Å². The summed E-state index contributed by atoms with van der Waals surface area (Å²) >= 11 is -0.292. The predicted octanol–water partition coefficient (Wildman–Crippen LogP) is 4.76. The summed E-state index contributed by atoms with van der Waals surface area (Å²) in [6.45, 7) is 0.0761. The second kappa shape index (κ2) is 11.7. The van der Waals surface area contributed by atoms with Crippen molar-refractivity contribution in [2.45, 2.75) is 54.1 Å². The van der Waals surface area contributed by atoms with Gasteiger partial charge in [-0.1, -0.05) is 5.92 Å². The summed E-state index contributed by atoms with van der Waals surface area (Å²) in [6.07, 6.45) is 2.71. The molecule has 8 nitrogen and oxygen atoms in total. The maximum atomic E-state index is 15.3. The molecule has 0 radical (unpaired) electrons. The number of imidazole rings is 1. The molecule has 5 rings (SSSR count). The van der Waals surface area contributed by atoms with Crippen molar-refractivity contribution in [3.63, 3.8) is 0 Å². The first-order valence-corrected chi connectivity index (χ1v) is 13.9. The zero-order valence-corrected chi connectivity index (χ0v) is 23.5. The van der Waals surface area contributed by atoms with E-state index in [0.29, 0.717) is 29.1 Å². The second-order valence-corrected chi connectivity index (χ2v) is 11.0. The van der Waals surface area contributed by atoms with Gasteiger partial charge in [0.05, 0.1) is 31.1 Å². The Labute approximate surface area is 239 Å². The van der Waals surface area contributed by atoms with Crippen LogP contribution < -0.4 is 20.7 Å². The average molecular weight is 591 g/mol. The molecule has 3 aromatic rings. The number of amides is 1. The van der Waals surface area contributed by atoms with Crippen LogP contribution in [0.5, 0.6) is 5.75 Å². The molecule has 1 aromatic carbocycles. The highest BCUT2D eigenvalue weighted by molar-refractivity contribution is 8.00. The Morgan fingerprint density at radius 2 is 2.05 bits per heavy atom. The molecule has 2 aromatic heterocycles. The molecule has 0 unspecified atom stereocenters. The molecule has 0 aliphatic carbocycles. The molecule has 1 amide bonds. The number of piperidine rings is 1. The van der Waals surface area contributed by atoms with Gasteiger partial charge in [-0.3, -0.25) is 14.1 Å². The smallest absolute Gasteiger partial charge is 0.447 e. The molecule has 0 spiro atoms. The number of nitrogens with zero attached hydrogens (tertiary/aromatic N) is 3. The minimum absolute atomic E-state index is 0.0365. The van der Waals surface area contributed by atoms with Crippen LogP contribution in [0.3, 0.4) is 0 Å². The van der Waals surface area contributed by atoms with Crippen molar-refractivity contribution >= 4 is 34.7 Å². The molecule has 2 fully saturated rings. The summed E-state index contributed by atoms with van der Waals surface area (Å²) in [4.78, 5) is 18.4. The molecular formula is C28H30F4N6O2S. The lowest BCUT2D eigenvalue weighted by Crippen LogP contribution is -2.53. The summed E-state index contributed by atoms with van der Waals surface area (Å²) in [5, 5.41) is 8.66. The maximum absolute atomic E-state index is 15.3. The van der Waals surface area contributed by atoms with Gasteiger partial charge in [-0.05, 0) is 62.6 Å². The number of nitrogens with one attached hydrogen (secondary N) is 3. The highest BCUT2D eigenvalue weighted by Crippen LogP contribution is 2.41. The number of aromatic nitrogens is 2. The van der Waals surface area contributed by atoms with E-state index in [-0.39, 0.29) is 52.7 Å². The van der Waals surface area contributed by atoms with E-state index in [1.54, 1.807) is 30.3 Å². The average Bonchev–Trinajstić information content (AvgIpc) is 3.42. The van der Waals surface area contributed by atoms with E-state index in [9.17, 15) is 18.0 Å². The lowest BCUT2D eigenvalue weighted by Gasteiger charge is -2.39. The van der Waals surface area contributed by atoms with Gasteiger partial charge in [0.15, 0.2) is 5.65 Å². The highest BCUT2D eigenvalue weighted by atomic mass is 32.2. The Morgan fingerprint density at radius 1 is 1.24 bits per heavy atom. The van der Waals surface area contributed by atoms with Crippen LogP contribution in [0.2, 0.25) is 0 Å². The van der Waals surface area contributed by atoms with Crippen LogP contribution in [0.4, 0.5) is 28.9 Å². The van der Waals surface area contributed by atoms with E-state index >= 15 is 4.39 Å². The maximum Gasteiger partial charge on any atom is 0.447 e. The molecule has 2 saturated heterocycles. The molecule has 2 aliphatic rings. The Kier molecular flexibility index (Phi) is 8.24.